The number of alkyl halides is 3. The molecule has 148 valence electrons. The lowest BCUT2D eigenvalue weighted by Gasteiger charge is -2.27. The maximum Gasteiger partial charge on any atom is 0.511 e. The van der Waals surface area contributed by atoms with Gasteiger partial charge in [0.05, 0.1) is 6.04 Å². The summed E-state index contributed by atoms with van der Waals surface area (Å²) >= 11 is 0. The third-order valence-electron chi connectivity index (χ3n) is 3.84. The molecule has 0 unspecified atom stereocenters. The second-order valence-electron chi connectivity index (χ2n) is 5.67. The van der Waals surface area contributed by atoms with Gasteiger partial charge in [-0.1, -0.05) is 19.1 Å². The first-order valence-corrected chi connectivity index (χ1v) is 8.80. The van der Waals surface area contributed by atoms with Crippen LogP contribution in [0, 0.1) is 23.3 Å². The highest BCUT2D eigenvalue weighted by Crippen LogP contribution is 2.36. The van der Waals surface area contributed by atoms with Crippen LogP contribution in [0.5, 0.6) is 0 Å². The van der Waals surface area contributed by atoms with Crippen LogP contribution in [-0.4, -0.2) is 13.9 Å². The minimum Gasteiger partial charge on any atom is -0.207 e. The van der Waals surface area contributed by atoms with Gasteiger partial charge in [0.15, 0.2) is 0 Å². The molecule has 0 aliphatic heterocycles. The van der Waals surface area contributed by atoms with Gasteiger partial charge in [-0.3, -0.25) is 0 Å². The van der Waals surface area contributed by atoms with E-state index < -0.39 is 56.3 Å². The fraction of sp³-hybridized carbons (Fsp3) is 0.250. The van der Waals surface area contributed by atoms with E-state index in [2.05, 4.69) is 0 Å². The summed E-state index contributed by atoms with van der Waals surface area (Å²) < 4.78 is 117. The fourth-order valence-corrected chi connectivity index (χ4v) is 3.27. The minimum absolute atomic E-state index is 0.345. The molecule has 0 aromatic heterocycles. The molecule has 11 heteroatoms. The van der Waals surface area contributed by atoms with Crippen LogP contribution in [0.1, 0.15) is 30.0 Å². The predicted molar refractivity (Wildman–Crippen MR) is 82.0 cm³/mol. The van der Waals surface area contributed by atoms with Crippen molar-refractivity contribution in [2.45, 2.75) is 24.4 Å². The Labute approximate surface area is 149 Å². The number of hydrogen-bond donors (Lipinski definition) is 1. The van der Waals surface area contributed by atoms with Crippen molar-refractivity contribution in [1.29, 1.82) is 0 Å². The van der Waals surface area contributed by atoms with E-state index in [9.17, 15) is 39.2 Å². The SMILES string of the molecule is C[C@H](c1ccc(F)cc1F)[C@H](NS(=O)(=O)C(F)(F)F)c1ccc(F)cc1F. The van der Waals surface area contributed by atoms with Crippen molar-refractivity contribution in [2.75, 3.05) is 0 Å². The van der Waals surface area contributed by atoms with Crippen molar-refractivity contribution in [3.05, 3.63) is 70.8 Å². The third-order valence-corrected chi connectivity index (χ3v) is 5.01. The van der Waals surface area contributed by atoms with Crippen LogP contribution in [0.3, 0.4) is 0 Å². The molecule has 0 radical (unpaired) electrons. The molecule has 2 rings (SSSR count). The number of sulfonamides is 1. The van der Waals surface area contributed by atoms with Crippen LogP contribution in [0.4, 0.5) is 30.7 Å². The van der Waals surface area contributed by atoms with Gasteiger partial charge in [-0.2, -0.15) is 17.9 Å². The Morgan fingerprint density at radius 2 is 1.30 bits per heavy atom. The number of hydrogen-bond acceptors (Lipinski definition) is 2. The van der Waals surface area contributed by atoms with Gasteiger partial charge in [0.1, 0.15) is 23.3 Å². The van der Waals surface area contributed by atoms with Crippen molar-refractivity contribution in [2.24, 2.45) is 0 Å². The van der Waals surface area contributed by atoms with Gasteiger partial charge in [-0.15, -0.1) is 0 Å². The van der Waals surface area contributed by atoms with E-state index in [4.69, 9.17) is 0 Å². The molecular formula is C16H12F7NO2S. The Kier molecular flexibility index (Phi) is 5.85. The summed E-state index contributed by atoms with van der Waals surface area (Å²) in [5, 5.41) is 0. The average molecular weight is 415 g/mol. The zero-order valence-corrected chi connectivity index (χ0v) is 14.3. The van der Waals surface area contributed by atoms with Crippen LogP contribution in [0.15, 0.2) is 36.4 Å². The van der Waals surface area contributed by atoms with E-state index >= 15 is 0 Å². The molecule has 0 bridgehead atoms. The normalized spacial score (nSPS) is 14.8. The molecule has 0 aliphatic rings. The molecule has 2 aromatic rings. The van der Waals surface area contributed by atoms with Gasteiger partial charge < -0.3 is 0 Å². The summed E-state index contributed by atoms with van der Waals surface area (Å²) in [4.78, 5) is 0. The second kappa shape index (κ2) is 7.47. The minimum atomic E-state index is -5.95. The highest BCUT2D eigenvalue weighted by atomic mass is 32.2. The Balaban J connectivity index is 2.58. The first kappa shape index (κ1) is 21.2. The van der Waals surface area contributed by atoms with Crippen LogP contribution in [0.25, 0.3) is 0 Å². The van der Waals surface area contributed by atoms with Crippen molar-refractivity contribution in [1.82, 2.24) is 4.72 Å². The summed E-state index contributed by atoms with van der Waals surface area (Å²) in [5.74, 6) is -5.92. The quantitative estimate of drug-likeness (QED) is 0.730. The summed E-state index contributed by atoms with van der Waals surface area (Å²) in [6, 6.07) is 2.00. The van der Waals surface area contributed by atoms with Crippen LogP contribution >= 0.6 is 0 Å². The van der Waals surface area contributed by atoms with Gasteiger partial charge in [0.25, 0.3) is 0 Å². The lowest BCUT2D eigenvalue weighted by molar-refractivity contribution is -0.0452. The standard InChI is InChI=1S/C16H12F7NO2S/c1-8(11-4-2-9(17)6-13(11)19)15(24-27(25,26)16(21,22)23)12-5-3-10(18)7-14(12)20/h2-8,15,24H,1H3/t8-,15+/m1/s1. The number of nitrogens with one attached hydrogen (secondary N) is 1. The molecule has 0 amide bonds. The van der Waals surface area contributed by atoms with Crippen molar-refractivity contribution in [3.63, 3.8) is 0 Å². The van der Waals surface area contributed by atoms with Crippen molar-refractivity contribution in [3.8, 4) is 0 Å². The maximum atomic E-state index is 14.1. The van der Waals surface area contributed by atoms with Gasteiger partial charge >= 0.3 is 15.5 Å². The summed E-state index contributed by atoms with van der Waals surface area (Å²) in [5.41, 5.74) is -6.72. The predicted octanol–water partition coefficient (Wildman–Crippen LogP) is 4.53. The lowest BCUT2D eigenvalue weighted by atomic mass is 9.88. The summed E-state index contributed by atoms with van der Waals surface area (Å²) in [6.07, 6.45) is 0. The Hall–Kier alpha value is -2.14. The monoisotopic (exact) mass is 415 g/mol. The first-order chi connectivity index (χ1) is 12.3. The molecule has 27 heavy (non-hydrogen) atoms. The van der Waals surface area contributed by atoms with E-state index in [1.165, 1.54) is 4.72 Å². The maximum absolute atomic E-state index is 14.1. The summed E-state index contributed by atoms with van der Waals surface area (Å²) in [7, 11) is -5.95. The highest BCUT2D eigenvalue weighted by Gasteiger charge is 2.48. The van der Waals surface area contributed by atoms with Gasteiger partial charge in [0, 0.05) is 23.6 Å². The number of halogens is 7. The highest BCUT2D eigenvalue weighted by molar-refractivity contribution is 7.90. The molecule has 3 nitrogen and oxygen atoms in total. The molecule has 0 heterocycles. The molecule has 2 aromatic carbocycles. The summed E-state index contributed by atoms with van der Waals surface area (Å²) in [6.45, 7) is 1.11. The van der Waals surface area contributed by atoms with Gasteiger partial charge in [-0.05, 0) is 17.7 Å². The molecule has 0 saturated heterocycles. The Bertz CT molecular complexity index is 944. The molecule has 0 aliphatic carbocycles. The molecule has 0 fully saturated rings. The fourth-order valence-electron chi connectivity index (χ4n) is 2.47. The lowest BCUT2D eigenvalue weighted by Crippen LogP contribution is -2.40. The average Bonchev–Trinajstić information content (AvgIpc) is 2.51. The van der Waals surface area contributed by atoms with Gasteiger partial charge in [0.2, 0.25) is 0 Å². The Morgan fingerprint density at radius 3 is 1.70 bits per heavy atom. The topological polar surface area (TPSA) is 46.2 Å². The van der Waals surface area contributed by atoms with Crippen molar-refractivity contribution >= 4 is 10.0 Å². The van der Waals surface area contributed by atoms with Crippen LogP contribution < -0.4 is 4.72 Å². The van der Waals surface area contributed by atoms with E-state index in [0.717, 1.165) is 25.1 Å². The molecular weight excluding hydrogens is 403 g/mol. The largest absolute Gasteiger partial charge is 0.511 e. The molecule has 0 saturated carbocycles. The third kappa shape index (κ3) is 4.59. The molecule has 2 atom stereocenters. The van der Waals surface area contributed by atoms with E-state index in [1.807, 2.05) is 0 Å². The van der Waals surface area contributed by atoms with E-state index in [1.54, 1.807) is 0 Å². The van der Waals surface area contributed by atoms with Crippen LogP contribution in [-0.2, 0) is 10.0 Å². The Morgan fingerprint density at radius 1 is 0.852 bits per heavy atom. The zero-order valence-electron chi connectivity index (χ0n) is 13.5. The van der Waals surface area contributed by atoms with Crippen molar-refractivity contribution < 1.29 is 39.2 Å². The number of rotatable bonds is 5. The zero-order chi connectivity index (χ0) is 20.6. The first-order valence-electron chi connectivity index (χ1n) is 7.32. The molecule has 1 N–H and O–H groups in total. The smallest absolute Gasteiger partial charge is 0.207 e. The van der Waals surface area contributed by atoms with Gasteiger partial charge in [-0.25, -0.2) is 26.0 Å². The number of benzene rings is 2. The second-order valence-corrected chi connectivity index (χ2v) is 7.37. The van der Waals surface area contributed by atoms with Crippen LogP contribution in [0.2, 0.25) is 0 Å². The molecule has 0 spiro atoms. The van der Waals surface area contributed by atoms with E-state index in [-0.39, 0.29) is 5.56 Å². The van der Waals surface area contributed by atoms with E-state index in [0.29, 0.717) is 18.2 Å².